The number of anilines is 1. The molecule has 35 heavy (non-hydrogen) atoms. The number of thiophene rings is 1. The number of hydrogen-bond acceptors (Lipinski definition) is 6. The van der Waals surface area contributed by atoms with Gasteiger partial charge in [-0.15, -0.1) is 0 Å². The van der Waals surface area contributed by atoms with E-state index in [0.29, 0.717) is 5.69 Å². The number of hydrogen-bond donors (Lipinski definition) is 3. The first-order valence-electron chi connectivity index (χ1n) is 11.2. The average molecular weight is 480 g/mol. The molecule has 1 amide bonds. The highest BCUT2D eigenvalue weighted by molar-refractivity contribution is 7.08. The van der Waals surface area contributed by atoms with E-state index in [1.807, 2.05) is 38.4 Å². The Morgan fingerprint density at radius 2 is 1.86 bits per heavy atom. The van der Waals surface area contributed by atoms with Crippen LogP contribution in [0.15, 0.2) is 66.0 Å². The third kappa shape index (κ3) is 3.85. The normalized spacial score (nSPS) is 11.5. The summed E-state index contributed by atoms with van der Waals surface area (Å²) in [6.45, 7) is 3.71. The van der Waals surface area contributed by atoms with Gasteiger partial charge in [-0.2, -0.15) is 16.4 Å². The molecule has 0 aliphatic heterocycles. The molecule has 172 valence electrons. The van der Waals surface area contributed by atoms with Crippen molar-refractivity contribution in [2.24, 2.45) is 5.92 Å². The smallest absolute Gasteiger partial charge is 0.226 e. The second kappa shape index (κ2) is 8.44. The Labute approximate surface area is 204 Å². The van der Waals surface area contributed by atoms with E-state index in [0.717, 1.165) is 55.6 Å². The van der Waals surface area contributed by atoms with Crippen molar-refractivity contribution >= 4 is 44.7 Å². The lowest BCUT2D eigenvalue weighted by atomic mass is 10.1. The number of carbonyl (C=O) groups excluding carboxylic acids is 1. The average Bonchev–Trinajstić information content (AvgIpc) is 3.62. The van der Waals surface area contributed by atoms with E-state index in [-0.39, 0.29) is 11.8 Å². The molecular weight excluding hydrogens is 458 g/mol. The SMILES string of the molecule is CC(C)C(=O)Nc1cncc(-c2cc3c(-c4cc5c(-c6ccsc6)cncc5[nH]4)n[nH]c3cn2)c1. The Morgan fingerprint density at radius 3 is 2.69 bits per heavy atom. The number of H-pyrrole nitrogens is 2. The van der Waals surface area contributed by atoms with Gasteiger partial charge in [0.2, 0.25) is 5.91 Å². The Bertz CT molecular complexity index is 1680. The van der Waals surface area contributed by atoms with Gasteiger partial charge in [-0.25, -0.2) is 0 Å². The zero-order valence-electron chi connectivity index (χ0n) is 19.0. The number of nitrogens with one attached hydrogen (secondary N) is 3. The fourth-order valence-corrected chi connectivity index (χ4v) is 4.70. The summed E-state index contributed by atoms with van der Waals surface area (Å²) >= 11 is 1.66. The molecule has 0 radical (unpaired) electrons. The van der Waals surface area contributed by atoms with Crippen molar-refractivity contribution in [3.8, 4) is 33.8 Å². The lowest BCUT2D eigenvalue weighted by Crippen LogP contribution is -2.17. The summed E-state index contributed by atoms with van der Waals surface area (Å²) in [6.07, 6.45) is 8.86. The number of carbonyl (C=O) groups is 1. The second-order valence-electron chi connectivity index (χ2n) is 8.64. The van der Waals surface area contributed by atoms with Crippen LogP contribution in [0.5, 0.6) is 0 Å². The molecular formula is C26H21N7OS. The lowest BCUT2D eigenvalue weighted by Gasteiger charge is -2.08. The maximum absolute atomic E-state index is 12.1. The first-order chi connectivity index (χ1) is 17.1. The molecule has 0 unspecified atom stereocenters. The molecule has 0 fully saturated rings. The minimum absolute atomic E-state index is 0.0559. The zero-order valence-corrected chi connectivity index (χ0v) is 19.9. The van der Waals surface area contributed by atoms with E-state index in [1.54, 1.807) is 29.9 Å². The third-order valence-corrected chi connectivity index (χ3v) is 6.59. The number of aromatic amines is 2. The molecule has 0 bridgehead atoms. The quantitative estimate of drug-likeness (QED) is 0.286. The highest BCUT2D eigenvalue weighted by atomic mass is 32.1. The highest BCUT2D eigenvalue weighted by Gasteiger charge is 2.16. The minimum Gasteiger partial charge on any atom is -0.352 e. The fraction of sp³-hybridized carbons (Fsp3) is 0.115. The zero-order chi connectivity index (χ0) is 23.9. The molecule has 6 heterocycles. The highest BCUT2D eigenvalue weighted by Crippen LogP contribution is 2.35. The maximum Gasteiger partial charge on any atom is 0.226 e. The Balaban J connectivity index is 1.41. The second-order valence-corrected chi connectivity index (χ2v) is 9.42. The van der Waals surface area contributed by atoms with Crippen molar-refractivity contribution in [1.82, 2.24) is 30.1 Å². The predicted molar refractivity (Wildman–Crippen MR) is 139 cm³/mol. The van der Waals surface area contributed by atoms with Crippen LogP contribution in [-0.4, -0.2) is 36.0 Å². The lowest BCUT2D eigenvalue weighted by molar-refractivity contribution is -0.118. The van der Waals surface area contributed by atoms with Crippen molar-refractivity contribution in [3.05, 3.63) is 66.0 Å². The number of nitrogens with zero attached hydrogens (tertiary/aromatic N) is 4. The van der Waals surface area contributed by atoms with Crippen LogP contribution in [0.2, 0.25) is 0 Å². The van der Waals surface area contributed by atoms with Crippen molar-refractivity contribution in [2.75, 3.05) is 5.32 Å². The van der Waals surface area contributed by atoms with Crippen molar-refractivity contribution in [2.45, 2.75) is 13.8 Å². The first kappa shape index (κ1) is 21.2. The van der Waals surface area contributed by atoms with E-state index in [1.165, 1.54) is 0 Å². The first-order valence-corrected chi connectivity index (χ1v) is 12.1. The van der Waals surface area contributed by atoms with Crippen LogP contribution in [0.3, 0.4) is 0 Å². The molecule has 6 aromatic rings. The van der Waals surface area contributed by atoms with Crippen LogP contribution in [0, 0.1) is 5.92 Å². The van der Waals surface area contributed by atoms with Gasteiger partial charge in [-0.3, -0.25) is 24.8 Å². The summed E-state index contributed by atoms with van der Waals surface area (Å²) in [5.41, 5.74) is 7.89. The van der Waals surface area contributed by atoms with Gasteiger partial charge in [0.1, 0.15) is 5.69 Å². The molecule has 9 heteroatoms. The van der Waals surface area contributed by atoms with Gasteiger partial charge < -0.3 is 10.3 Å². The van der Waals surface area contributed by atoms with Crippen LogP contribution in [0.1, 0.15) is 13.8 Å². The summed E-state index contributed by atoms with van der Waals surface area (Å²) in [6, 6.07) is 8.08. The Hall–Kier alpha value is -4.37. The molecule has 0 saturated carbocycles. The van der Waals surface area contributed by atoms with Crippen LogP contribution in [-0.2, 0) is 4.79 Å². The number of rotatable bonds is 5. The molecule has 0 aromatic carbocycles. The summed E-state index contributed by atoms with van der Waals surface area (Å²) in [7, 11) is 0. The number of amides is 1. The van der Waals surface area contributed by atoms with Crippen molar-refractivity contribution < 1.29 is 4.79 Å². The van der Waals surface area contributed by atoms with E-state index < -0.39 is 0 Å². The molecule has 6 aromatic heterocycles. The summed E-state index contributed by atoms with van der Waals surface area (Å²) < 4.78 is 0. The summed E-state index contributed by atoms with van der Waals surface area (Å²) in [5.74, 6) is -0.173. The van der Waals surface area contributed by atoms with Crippen LogP contribution < -0.4 is 5.32 Å². The van der Waals surface area contributed by atoms with Gasteiger partial charge in [0, 0.05) is 40.2 Å². The predicted octanol–water partition coefficient (Wildman–Crippen LogP) is 5.89. The molecule has 6 rings (SSSR count). The third-order valence-electron chi connectivity index (χ3n) is 5.91. The Morgan fingerprint density at radius 1 is 0.971 bits per heavy atom. The van der Waals surface area contributed by atoms with Crippen LogP contribution >= 0.6 is 11.3 Å². The van der Waals surface area contributed by atoms with E-state index in [9.17, 15) is 4.79 Å². The summed E-state index contributed by atoms with van der Waals surface area (Å²) in [4.78, 5) is 28.9. The van der Waals surface area contributed by atoms with Gasteiger partial charge in [-0.05, 0) is 40.6 Å². The minimum atomic E-state index is -0.117. The molecule has 0 atom stereocenters. The monoisotopic (exact) mass is 479 g/mol. The topological polar surface area (TPSA) is 112 Å². The van der Waals surface area contributed by atoms with Gasteiger partial charge in [0.15, 0.2) is 0 Å². The van der Waals surface area contributed by atoms with Crippen LogP contribution in [0.25, 0.3) is 55.6 Å². The van der Waals surface area contributed by atoms with E-state index >= 15 is 0 Å². The molecule has 0 spiro atoms. The van der Waals surface area contributed by atoms with Crippen molar-refractivity contribution in [1.29, 1.82) is 0 Å². The largest absolute Gasteiger partial charge is 0.352 e. The van der Waals surface area contributed by atoms with Gasteiger partial charge in [-0.1, -0.05) is 13.8 Å². The molecule has 8 nitrogen and oxygen atoms in total. The van der Waals surface area contributed by atoms with E-state index in [4.69, 9.17) is 0 Å². The fourth-order valence-electron chi connectivity index (χ4n) is 4.04. The molecule has 0 aliphatic carbocycles. The van der Waals surface area contributed by atoms with E-state index in [2.05, 4.69) is 58.3 Å². The Kier molecular flexibility index (Phi) is 5.11. The molecule has 0 aliphatic rings. The number of pyridine rings is 3. The summed E-state index contributed by atoms with van der Waals surface area (Å²) in [5, 5.41) is 16.8. The molecule has 0 saturated heterocycles. The maximum atomic E-state index is 12.1. The van der Waals surface area contributed by atoms with Gasteiger partial charge in [0.25, 0.3) is 0 Å². The molecule has 3 N–H and O–H groups in total. The van der Waals surface area contributed by atoms with Gasteiger partial charge in [0.05, 0.1) is 46.7 Å². The number of fused-ring (bicyclic) bond motifs is 2. The van der Waals surface area contributed by atoms with Crippen molar-refractivity contribution in [3.63, 3.8) is 0 Å². The number of aromatic nitrogens is 6. The van der Waals surface area contributed by atoms with Gasteiger partial charge >= 0.3 is 0 Å². The van der Waals surface area contributed by atoms with Crippen LogP contribution in [0.4, 0.5) is 5.69 Å². The standard InChI is InChI=1S/C26H21N7OS/c1-14(2)26(34)30-17-5-16(8-27-9-17)21-7-19-24(12-29-21)32-33-25(19)22-6-18-20(15-3-4-35-13-15)10-28-11-23(18)31-22/h3-14,31H,1-2H3,(H,30,34)(H,32,33).